The highest BCUT2D eigenvalue weighted by Crippen LogP contribution is 2.23. The smallest absolute Gasteiger partial charge is 0.277 e. The molecule has 0 amide bonds. The normalized spacial score (nSPS) is 10.9. The van der Waals surface area contributed by atoms with Gasteiger partial charge >= 0.3 is 0 Å². The summed E-state index contributed by atoms with van der Waals surface area (Å²) >= 11 is 1.42. The molecule has 0 saturated heterocycles. The maximum absolute atomic E-state index is 5.75. The molecule has 1 aromatic carbocycles. The summed E-state index contributed by atoms with van der Waals surface area (Å²) < 4.78 is 16.3. The fraction of sp³-hybridized carbons (Fsp3) is 0.312. The molecule has 0 radical (unpaired) electrons. The predicted octanol–water partition coefficient (Wildman–Crippen LogP) is 3.85. The summed E-state index contributed by atoms with van der Waals surface area (Å²) in [7, 11) is 0. The summed E-state index contributed by atoms with van der Waals surface area (Å²) in [4.78, 5) is 0. The van der Waals surface area contributed by atoms with Crippen LogP contribution in [0.1, 0.15) is 28.5 Å². The molecule has 6 nitrogen and oxygen atoms in total. The molecule has 0 saturated carbocycles. The lowest BCUT2D eigenvalue weighted by molar-refractivity contribution is 0.250. The summed E-state index contributed by atoms with van der Waals surface area (Å²) in [5, 5.41) is 12.4. The van der Waals surface area contributed by atoms with E-state index in [1.54, 1.807) is 0 Å². The monoisotopic (exact) mass is 331 g/mol. The number of benzene rings is 1. The Bertz CT molecular complexity index is 797. The zero-order valence-electron chi connectivity index (χ0n) is 13.2. The molecule has 7 heteroatoms. The molecule has 2 aromatic heterocycles. The largest absolute Gasteiger partial charge is 0.484 e. The maximum atomic E-state index is 5.75. The van der Waals surface area contributed by atoms with Crippen molar-refractivity contribution in [2.45, 2.75) is 38.4 Å². The molecule has 3 aromatic rings. The Balaban J connectivity index is 1.55. The fourth-order valence-corrected chi connectivity index (χ4v) is 2.64. The minimum absolute atomic E-state index is 0.251. The number of hydrogen-bond acceptors (Lipinski definition) is 7. The molecule has 0 unspecified atom stereocenters. The number of thioether (sulfide) groups is 1. The van der Waals surface area contributed by atoms with Gasteiger partial charge in [0.2, 0.25) is 0 Å². The van der Waals surface area contributed by atoms with Crippen LogP contribution >= 0.6 is 11.8 Å². The summed E-state index contributed by atoms with van der Waals surface area (Å²) in [6.45, 7) is 6.14. The van der Waals surface area contributed by atoms with Crippen LogP contribution in [0.4, 0.5) is 0 Å². The van der Waals surface area contributed by atoms with Crippen LogP contribution in [-0.2, 0) is 12.4 Å². The molecular formula is C16H17N3O3S. The average molecular weight is 331 g/mol. The van der Waals surface area contributed by atoms with Crippen LogP contribution in [0.25, 0.3) is 0 Å². The number of rotatable bonds is 6. The van der Waals surface area contributed by atoms with E-state index in [-0.39, 0.29) is 6.61 Å². The molecule has 3 rings (SSSR count). The van der Waals surface area contributed by atoms with Crippen molar-refractivity contribution in [1.82, 2.24) is 15.4 Å². The van der Waals surface area contributed by atoms with Crippen molar-refractivity contribution in [3.63, 3.8) is 0 Å². The molecule has 0 aliphatic rings. The molecule has 0 aliphatic heterocycles. The Morgan fingerprint density at radius 3 is 2.78 bits per heavy atom. The van der Waals surface area contributed by atoms with Gasteiger partial charge in [0.1, 0.15) is 11.5 Å². The van der Waals surface area contributed by atoms with E-state index in [9.17, 15) is 0 Å². The number of hydrogen-bond donors (Lipinski definition) is 0. The first-order valence-electron chi connectivity index (χ1n) is 7.17. The third-order valence-electron chi connectivity index (χ3n) is 3.16. The topological polar surface area (TPSA) is 74.2 Å². The van der Waals surface area contributed by atoms with Crippen molar-refractivity contribution >= 4 is 11.8 Å². The van der Waals surface area contributed by atoms with Crippen molar-refractivity contribution in [1.29, 1.82) is 0 Å². The van der Waals surface area contributed by atoms with E-state index >= 15 is 0 Å². The van der Waals surface area contributed by atoms with Crippen molar-refractivity contribution in [2.75, 3.05) is 0 Å². The van der Waals surface area contributed by atoms with Gasteiger partial charge in [-0.1, -0.05) is 29.1 Å². The van der Waals surface area contributed by atoms with Crippen LogP contribution < -0.4 is 4.74 Å². The summed E-state index contributed by atoms with van der Waals surface area (Å²) in [5.74, 6) is 2.69. The van der Waals surface area contributed by atoms with Crippen molar-refractivity contribution in [3.8, 4) is 5.75 Å². The van der Waals surface area contributed by atoms with Gasteiger partial charge in [0, 0.05) is 11.8 Å². The molecule has 120 valence electrons. The van der Waals surface area contributed by atoms with Gasteiger partial charge in [0.15, 0.2) is 6.61 Å². The molecule has 23 heavy (non-hydrogen) atoms. The third-order valence-corrected chi connectivity index (χ3v) is 4.02. The SMILES string of the molecule is Cc1ccc(C)c(OCc2nnc(SCc3cc(C)on3)o2)c1. The Morgan fingerprint density at radius 1 is 1.13 bits per heavy atom. The zero-order valence-corrected chi connectivity index (χ0v) is 14.0. The number of nitrogens with zero attached hydrogens (tertiary/aromatic N) is 3. The second-order valence-electron chi connectivity index (χ2n) is 5.24. The van der Waals surface area contributed by atoms with Crippen LogP contribution in [0.2, 0.25) is 0 Å². The van der Waals surface area contributed by atoms with Gasteiger partial charge in [0.05, 0.1) is 5.69 Å². The predicted molar refractivity (Wildman–Crippen MR) is 85.3 cm³/mol. The maximum Gasteiger partial charge on any atom is 0.277 e. The summed E-state index contributed by atoms with van der Waals surface area (Å²) in [6.07, 6.45) is 0. The number of ether oxygens (including phenoxy) is 1. The van der Waals surface area contributed by atoms with E-state index in [1.807, 2.05) is 39.0 Å². The molecule has 2 heterocycles. The lowest BCUT2D eigenvalue weighted by Gasteiger charge is -2.07. The van der Waals surface area contributed by atoms with Gasteiger partial charge in [-0.3, -0.25) is 0 Å². The van der Waals surface area contributed by atoms with Gasteiger partial charge in [-0.15, -0.1) is 10.2 Å². The highest BCUT2D eigenvalue weighted by molar-refractivity contribution is 7.98. The first kappa shape index (κ1) is 15.6. The molecular weight excluding hydrogens is 314 g/mol. The van der Waals surface area contributed by atoms with E-state index in [1.165, 1.54) is 11.8 Å². The lowest BCUT2D eigenvalue weighted by Crippen LogP contribution is -1.97. The van der Waals surface area contributed by atoms with E-state index in [2.05, 4.69) is 21.4 Å². The van der Waals surface area contributed by atoms with E-state index in [0.717, 1.165) is 28.3 Å². The molecule has 0 aliphatic carbocycles. The van der Waals surface area contributed by atoms with Crippen LogP contribution in [0.5, 0.6) is 5.75 Å². The fourth-order valence-electron chi connectivity index (χ4n) is 1.98. The Hall–Kier alpha value is -2.28. The minimum atomic E-state index is 0.251. The van der Waals surface area contributed by atoms with Gasteiger partial charge in [-0.25, -0.2) is 0 Å². The van der Waals surface area contributed by atoms with E-state index < -0.39 is 0 Å². The first-order valence-corrected chi connectivity index (χ1v) is 8.16. The molecule has 0 fully saturated rings. The number of aryl methyl sites for hydroxylation is 3. The third kappa shape index (κ3) is 4.13. The zero-order chi connectivity index (χ0) is 16.2. The molecule has 0 spiro atoms. The lowest BCUT2D eigenvalue weighted by atomic mass is 10.1. The highest BCUT2D eigenvalue weighted by Gasteiger charge is 2.10. The minimum Gasteiger partial charge on any atom is -0.484 e. The van der Waals surface area contributed by atoms with Crippen LogP contribution in [0, 0.1) is 20.8 Å². The standard InChI is InChI=1S/C16H17N3O3S/c1-10-4-5-11(2)14(6-10)20-8-15-17-18-16(21-15)23-9-13-7-12(3)22-19-13/h4-7H,8-9H2,1-3H3. The molecule has 0 bridgehead atoms. The van der Waals surface area contributed by atoms with Gasteiger partial charge in [0.25, 0.3) is 11.1 Å². The quantitative estimate of drug-likeness (QED) is 0.635. The highest BCUT2D eigenvalue weighted by atomic mass is 32.2. The summed E-state index contributed by atoms with van der Waals surface area (Å²) in [6, 6.07) is 7.96. The Kier molecular flexibility index (Phi) is 4.66. The van der Waals surface area contributed by atoms with Gasteiger partial charge < -0.3 is 13.7 Å². The summed E-state index contributed by atoms with van der Waals surface area (Å²) in [5.41, 5.74) is 3.07. The second kappa shape index (κ2) is 6.87. The second-order valence-corrected chi connectivity index (χ2v) is 6.16. The Morgan fingerprint density at radius 2 is 2.00 bits per heavy atom. The molecule has 0 atom stereocenters. The number of aromatic nitrogens is 3. The van der Waals surface area contributed by atoms with Crippen LogP contribution in [0.15, 0.2) is 38.4 Å². The van der Waals surface area contributed by atoms with Gasteiger partial charge in [-0.05, 0) is 38.0 Å². The first-order chi connectivity index (χ1) is 11.1. The average Bonchev–Trinajstić information content (AvgIpc) is 3.15. The van der Waals surface area contributed by atoms with Crippen molar-refractivity contribution in [2.24, 2.45) is 0 Å². The van der Waals surface area contributed by atoms with Crippen LogP contribution in [0.3, 0.4) is 0 Å². The van der Waals surface area contributed by atoms with Gasteiger partial charge in [-0.2, -0.15) is 0 Å². The van der Waals surface area contributed by atoms with Crippen molar-refractivity contribution in [3.05, 3.63) is 52.7 Å². The van der Waals surface area contributed by atoms with E-state index in [4.69, 9.17) is 13.7 Å². The Labute approximate surface area is 138 Å². The molecule has 0 N–H and O–H groups in total. The van der Waals surface area contributed by atoms with E-state index in [0.29, 0.717) is 16.9 Å². The van der Waals surface area contributed by atoms with Crippen LogP contribution in [-0.4, -0.2) is 15.4 Å². The van der Waals surface area contributed by atoms with Crippen molar-refractivity contribution < 1.29 is 13.7 Å².